The van der Waals surface area contributed by atoms with Crippen molar-refractivity contribution < 1.29 is 9.53 Å². The summed E-state index contributed by atoms with van der Waals surface area (Å²) in [5, 5.41) is 5.13. The molecule has 1 unspecified atom stereocenters. The molecule has 1 N–H and O–H groups in total. The van der Waals surface area contributed by atoms with Gasteiger partial charge in [0.1, 0.15) is 5.75 Å². The number of hydrogen-bond acceptors (Lipinski definition) is 2. The molecule has 3 heteroatoms. The molecule has 3 rings (SSSR count). The first-order valence-electron chi connectivity index (χ1n) is 8.65. The maximum absolute atomic E-state index is 12.6. The van der Waals surface area contributed by atoms with Gasteiger partial charge < -0.3 is 10.1 Å². The summed E-state index contributed by atoms with van der Waals surface area (Å²) in [4.78, 5) is 12.6. The van der Waals surface area contributed by atoms with Gasteiger partial charge in [-0.15, -0.1) is 0 Å². The number of rotatable bonds is 6. The van der Waals surface area contributed by atoms with Gasteiger partial charge >= 0.3 is 0 Å². The van der Waals surface area contributed by atoms with E-state index in [2.05, 4.69) is 5.32 Å². The fourth-order valence-corrected chi connectivity index (χ4v) is 2.88. The normalized spacial score (nSPS) is 11.9. The average molecular weight is 333 g/mol. The number of amides is 1. The number of ether oxygens (including phenoxy) is 1. The second-order valence-corrected chi connectivity index (χ2v) is 6.14. The third kappa shape index (κ3) is 4.00. The Morgan fingerprint density at radius 2 is 1.72 bits per heavy atom. The Labute approximate surface area is 148 Å². The number of carbonyl (C=O) groups excluding carboxylic acids is 1. The molecule has 3 aromatic rings. The molecule has 3 aromatic carbocycles. The molecule has 0 saturated carbocycles. The van der Waals surface area contributed by atoms with Crippen LogP contribution < -0.4 is 10.1 Å². The van der Waals surface area contributed by atoms with Crippen LogP contribution >= 0.6 is 0 Å². The lowest BCUT2D eigenvalue weighted by Gasteiger charge is -2.19. The smallest absolute Gasteiger partial charge is 0.261 e. The van der Waals surface area contributed by atoms with Gasteiger partial charge in [0, 0.05) is 11.9 Å². The molecular formula is C22H23NO2. The maximum Gasteiger partial charge on any atom is 0.261 e. The van der Waals surface area contributed by atoms with Crippen molar-refractivity contribution >= 4 is 16.7 Å². The predicted molar refractivity (Wildman–Crippen MR) is 102 cm³/mol. The molecule has 0 bridgehead atoms. The number of fused-ring (bicyclic) bond motifs is 1. The summed E-state index contributed by atoms with van der Waals surface area (Å²) in [6.45, 7) is 4.52. The zero-order chi connectivity index (χ0) is 17.6. The number of carbonyl (C=O) groups is 1. The first kappa shape index (κ1) is 17.0. The Morgan fingerprint density at radius 1 is 1.00 bits per heavy atom. The van der Waals surface area contributed by atoms with Crippen molar-refractivity contribution in [1.29, 1.82) is 0 Å². The standard InChI is InChI=1S/C22H23NO2/c1-3-20(22(24)23-15-18-11-5-4-9-16(18)2)25-21-14-8-12-17-10-6-7-13-19(17)21/h4-14,20H,3,15H2,1-2H3,(H,23,24). The van der Waals surface area contributed by atoms with E-state index in [1.54, 1.807) is 0 Å². The first-order valence-corrected chi connectivity index (χ1v) is 8.65. The van der Waals surface area contributed by atoms with Gasteiger partial charge in [-0.3, -0.25) is 4.79 Å². The van der Waals surface area contributed by atoms with Crippen molar-refractivity contribution in [3.8, 4) is 5.75 Å². The summed E-state index contributed by atoms with van der Waals surface area (Å²) < 4.78 is 6.05. The maximum atomic E-state index is 12.6. The zero-order valence-electron chi connectivity index (χ0n) is 14.7. The van der Waals surface area contributed by atoms with E-state index < -0.39 is 6.10 Å². The van der Waals surface area contributed by atoms with Gasteiger partial charge in [0.2, 0.25) is 0 Å². The highest BCUT2D eigenvalue weighted by Crippen LogP contribution is 2.26. The van der Waals surface area contributed by atoms with Crippen LogP contribution in [-0.4, -0.2) is 12.0 Å². The van der Waals surface area contributed by atoms with Gasteiger partial charge in [0.15, 0.2) is 6.10 Å². The van der Waals surface area contributed by atoms with Crippen LogP contribution in [0.15, 0.2) is 66.7 Å². The molecule has 1 amide bonds. The van der Waals surface area contributed by atoms with E-state index in [4.69, 9.17) is 4.74 Å². The third-order valence-electron chi connectivity index (χ3n) is 4.40. The summed E-state index contributed by atoms with van der Waals surface area (Å²) in [6, 6.07) is 22.0. The minimum absolute atomic E-state index is 0.0845. The van der Waals surface area contributed by atoms with E-state index in [0.717, 1.165) is 22.1 Å². The molecule has 0 fully saturated rings. The van der Waals surface area contributed by atoms with Gasteiger partial charge in [-0.25, -0.2) is 0 Å². The summed E-state index contributed by atoms with van der Waals surface area (Å²) in [6.07, 6.45) is 0.109. The molecule has 0 aliphatic rings. The van der Waals surface area contributed by atoms with E-state index in [-0.39, 0.29) is 5.91 Å². The SMILES string of the molecule is CCC(Oc1cccc2ccccc12)C(=O)NCc1ccccc1C. The van der Waals surface area contributed by atoms with Gasteiger partial charge in [0.25, 0.3) is 5.91 Å². The molecule has 128 valence electrons. The van der Waals surface area contributed by atoms with Gasteiger partial charge in [-0.1, -0.05) is 67.6 Å². The minimum atomic E-state index is -0.505. The van der Waals surface area contributed by atoms with Crippen LogP contribution in [0.5, 0.6) is 5.75 Å². The van der Waals surface area contributed by atoms with Crippen LogP contribution in [0.1, 0.15) is 24.5 Å². The molecule has 0 aromatic heterocycles. The Hall–Kier alpha value is -2.81. The molecule has 25 heavy (non-hydrogen) atoms. The van der Waals surface area contributed by atoms with Crippen molar-refractivity contribution in [3.05, 3.63) is 77.9 Å². The Morgan fingerprint density at radius 3 is 2.52 bits per heavy atom. The molecule has 1 atom stereocenters. The van der Waals surface area contributed by atoms with Crippen LogP contribution in [0.4, 0.5) is 0 Å². The number of hydrogen-bond donors (Lipinski definition) is 1. The fraction of sp³-hybridized carbons (Fsp3) is 0.227. The van der Waals surface area contributed by atoms with Crippen molar-refractivity contribution in [3.63, 3.8) is 0 Å². The number of aryl methyl sites for hydroxylation is 1. The lowest BCUT2D eigenvalue weighted by atomic mass is 10.1. The van der Waals surface area contributed by atoms with Gasteiger partial charge in [-0.05, 0) is 35.9 Å². The van der Waals surface area contributed by atoms with Crippen LogP contribution in [0.2, 0.25) is 0 Å². The lowest BCUT2D eigenvalue weighted by molar-refractivity contribution is -0.128. The van der Waals surface area contributed by atoms with Crippen LogP contribution in [0.3, 0.4) is 0 Å². The first-order chi connectivity index (χ1) is 12.2. The Kier molecular flexibility index (Phi) is 5.34. The zero-order valence-corrected chi connectivity index (χ0v) is 14.7. The number of nitrogens with one attached hydrogen (secondary N) is 1. The quantitative estimate of drug-likeness (QED) is 0.715. The monoisotopic (exact) mass is 333 g/mol. The van der Waals surface area contributed by atoms with Gasteiger partial charge in [-0.2, -0.15) is 0 Å². The van der Waals surface area contributed by atoms with Crippen molar-refractivity contribution in [2.24, 2.45) is 0 Å². The third-order valence-corrected chi connectivity index (χ3v) is 4.40. The summed E-state index contributed by atoms with van der Waals surface area (Å²) in [7, 11) is 0. The minimum Gasteiger partial charge on any atom is -0.480 e. The second-order valence-electron chi connectivity index (χ2n) is 6.14. The van der Waals surface area contributed by atoms with E-state index in [0.29, 0.717) is 13.0 Å². The van der Waals surface area contributed by atoms with Crippen LogP contribution in [-0.2, 0) is 11.3 Å². The second kappa shape index (κ2) is 7.84. The molecule has 0 aliphatic heterocycles. The van der Waals surface area contributed by atoms with Crippen molar-refractivity contribution in [1.82, 2.24) is 5.32 Å². The van der Waals surface area contributed by atoms with E-state index in [9.17, 15) is 4.79 Å². The highest BCUT2D eigenvalue weighted by Gasteiger charge is 2.19. The highest BCUT2D eigenvalue weighted by molar-refractivity contribution is 5.89. The Bertz CT molecular complexity index is 867. The molecule has 0 heterocycles. The van der Waals surface area contributed by atoms with Crippen LogP contribution in [0.25, 0.3) is 10.8 Å². The topological polar surface area (TPSA) is 38.3 Å². The lowest BCUT2D eigenvalue weighted by Crippen LogP contribution is -2.37. The largest absolute Gasteiger partial charge is 0.480 e. The average Bonchev–Trinajstić information content (AvgIpc) is 2.65. The molecule has 0 saturated heterocycles. The summed E-state index contributed by atoms with van der Waals surface area (Å²) in [5.41, 5.74) is 2.29. The summed E-state index contributed by atoms with van der Waals surface area (Å²) >= 11 is 0. The molecule has 0 spiro atoms. The summed E-state index contributed by atoms with van der Waals surface area (Å²) in [5.74, 6) is 0.662. The number of benzene rings is 3. The van der Waals surface area contributed by atoms with E-state index >= 15 is 0 Å². The van der Waals surface area contributed by atoms with Crippen LogP contribution in [0, 0.1) is 6.92 Å². The van der Waals surface area contributed by atoms with E-state index in [1.807, 2.05) is 80.6 Å². The molecule has 0 radical (unpaired) electrons. The highest BCUT2D eigenvalue weighted by atomic mass is 16.5. The van der Waals surface area contributed by atoms with Gasteiger partial charge in [0.05, 0.1) is 0 Å². The van der Waals surface area contributed by atoms with Crippen molar-refractivity contribution in [2.45, 2.75) is 32.9 Å². The Balaban J connectivity index is 1.71. The van der Waals surface area contributed by atoms with Crippen molar-refractivity contribution in [2.75, 3.05) is 0 Å². The molecule has 0 aliphatic carbocycles. The predicted octanol–water partition coefficient (Wildman–Crippen LogP) is 4.62. The molecular weight excluding hydrogens is 310 g/mol. The molecule has 3 nitrogen and oxygen atoms in total. The fourth-order valence-electron chi connectivity index (χ4n) is 2.88. The van der Waals surface area contributed by atoms with E-state index in [1.165, 1.54) is 5.56 Å².